The van der Waals surface area contributed by atoms with Crippen molar-refractivity contribution < 1.29 is 9.53 Å². The molecule has 3 rings (SSSR count). The van der Waals surface area contributed by atoms with E-state index in [0.717, 1.165) is 42.8 Å². The second-order valence-electron chi connectivity index (χ2n) is 5.79. The predicted molar refractivity (Wildman–Crippen MR) is 86.0 cm³/mol. The van der Waals surface area contributed by atoms with Crippen LogP contribution in [-0.4, -0.2) is 29.0 Å². The molecule has 4 nitrogen and oxygen atoms in total. The maximum atomic E-state index is 12.9. The van der Waals surface area contributed by atoms with Gasteiger partial charge in [0.1, 0.15) is 11.4 Å². The van der Waals surface area contributed by atoms with E-state index < -0.39 is 0 Å². The zero-order chi connectivity index (χ0) is 15.5. The van der Waals surface area contributed by atoms with Crippen molar-refractivity contribution in [3.8, 4) is 5.75 Å². The highest BCUT2D eigenvalue weighted by atomic mass is 16.5. The van der Waals surface area contributed by atoms with E-state index >= 15 is 0 Å². The Bertz CT molecular complexity index is 663. The average Bonchev–Trinajstić information content (AvgIpc) is 3.00. The van der Waals surface area contributed by atoms with Crippen LogP contribution in [0.25, 0.3) is 0 Å². The van der Waals surface area contributed by atoms with Crippen LogP contribution in [0, 0.1) is 0 Å². The third-order valence-electron chi connectivity index (χ3n) is 4.41. The van der Waals surface area contributed by atoms with Crippen LogP contribution >= 0.6 is 0 Å². The summed E-state index contributed by atoms with van der Waals surface area (Å²) in [5.41, 5.74) is 1.90. The number of rotatable bonds is 3. The van der Waals surface area contributed by atoms with Gasteiger partial charge in [0.2, 0.25) is 0 Å². The number of carbonyl (C=O) groups is 1. The number of hydrogen-bond acceptors (Lipinski definition) is 2. The fourth-order valence-corrected chi connectivity index (χ4v) is 3.20. The minimum absolute atomic E-state index is 0.111. The molecule has 1 aromatic carbocycles. The lowest BCUT2D eigenvalue weighted by molar-refractivity contribution is 0.0601. The van der Waals surface area contributed by atoms with Gasteiger partial charge in [-0.3, -0.25) is 4.79 Å². The highest BCUT2D eigenvalue weighted by Crippen LogP contribution is 2.33. The molecule has 22 heavy (non-hydrogen) atoms. The lowest BCUT2D eigenvalue weighted by Crippen LogP contribution is -2.39. The van der Waals surface area contributed by atoms with Crippen molar-refractivity contribution in [2.45, 2.75) is 25.3 Å². The summed E-state index contributed by atoms with van der Waals surface area (Å²) in [5, 5.41) is 0. The number of amides is 1. The van der Waals surface area contributed by atoms with Crippen molar-refractivity contribution in [3.05, 3.63) is 53.9 Å². The zero-order valence-electron chi connectivity index (χ0n) is 13.2. The minimum Gasteiger partial charge on any atom is -0.497 e. The first-order chi connectivity index (χ1) is 10.7. The topological polar surface area (TPSA) is 34.5 Å². The van der Waals surface area contributed by atoms with E-state index in [0.29, 0.717) is 0 Å². The van der Waals surface area contributed by atoms with E-state index in [1.54, 1.807) is 7.11 Å². The first-order valence-corrected chi connectivity index (χ1v) is 7.77. The van der Waals surface area contributed by atoms with Crippen molar-refractivity contribution in [2.24, 2.45) is 7.05 Å². The number of benzene rings is 1. The fraction of sp³-hybridized carbons (Fsp3) is 0.389. The van der Waals surface area contributed by atoms with Gasteiger partial charge in [-0.15, -0.1) is 0 Å². The molecule has 1 saturated heterocycles. The maximum Gasteiger partial charge on any atom is 0.270 e. The molecule has 2 aromatic rings. The summed E-state index contributed by atoms with van der Waals surface area (Å²) < 4.78 is 7.21. The van der Waals surface area contributed by atoms with Crippen LogP contribution in [0.15, 0.2) is 42.6 Å². The van der Waals surface area contributed by atoms with Crippen molar-refractivity contribution in [3.63, 3.8) is 0 Å². The molecule has 1 amide bonds. The summed E-state index contributed by atoms with van der Waals surface area (Å²) >= 11 is 0. The normalized spacial score (nSPS) is 18.3. The number of likely N-dealkylation sites (tertiary alicyclic amines) is 1. The van der Waals surface area contributed by atoms with Crippen LogP contribution in [0.2, 0.25) is 0 Å². The molecule has 0 bridgehead atoms. The summed E-state index contributed by atoms with van der Waals surface area (Å²) in [6.45, 7) is 0.811. The summed E-state index contributed by atoms with van der Waals surface area (Å²) in [6.07, 6.45) is 5.14. The highest BCUT2D eigenvalue weighted by molar-refractivity contribution is 5.93. The van der Waals surface area contributed by atoms with Crippen LogP contribution < -0.4 is 4.74 Å². The molecule has 116 valence electrons. The van der Waals surface area contributed by atoms with Crippen molar-refractivity contribution in [2.75, 3.05) is 13.7 Å². The Kier molecular flexibility index (Phi) is 4.18. The van der Waals surface area contributed by atoms with Crippen molar-refractivity contribution in [1.82, 2.24) is 9.47 Å². The molecule has 1 fully saturated rings. The Morgan fingerprint density at radius 2 is 2.09 bits per heavy atom. The Labute approximate surface area is 131 Å². The van der Waals surface area contributed by atoms with Gasteiger partial charge in [0, 0.05) is 19.8 Å². The molecule has 0 aliphatic carbocycles. The first kappa shape index (κ1) is 14.7. The molecule has 1 aromatic heterocycles. The summed E-state index contributed by atoms with van der Waals surface area (Å²) in [5.74, 6) is 0.953. The van der Waals surface area contributed by atoms with E-state index in [1.165, 1.54) is 0 Å². The largest absolute Gasteiger partial charge is 0.497 e. The van der Waals surface area contributed by atoms with E-state index in [1.807, 2.05) is 53.0 Å². The monoisotopic (exact) mass is 298 g/mol. The van der Waals surface area contributed by atoms with Gasteiger partial charge in [0.15, 0.2) is 0 Å². The van der Waals surface area contributed by atoms with Crippen LogP contribution in [0.4, 0.5) is 0 Å². The van der Waals surface area contributed by atoms with Crippen molar-refractivity contribution >= 4 is 5.91 Å². The van der Waals surface area contributed by atoms with Gasteiger partial charge < -0.3 is 14.2 Å². The number of aromatic nitrogens is 1. The molecule has 2 heterocycles. The number of methoxy groups -OCH3 is 1. The van der Waals surface area contributed by atoms with E-state index in [9.17, 15) is 4.79 Å². The Morgan fingerprint density at radius 1 is 1.23 bits per heavy atom. The number of aryl methyl sites for hydroxylation is 1. The Balaban J connectivity index is 1.91. The van der Waals surface area contributed by atoms with Crippen LogP contribution in [0.3, 0.4) is 0 Å². The molecule has 1 aliphatic rings. The molecular weight excluding hydrogens is 276 g/mol. The molecule has 0 unspecified atom stereocenters. The van der Waals surface area contributed by atoms with E-state index in [4.69, 9.17) is 4.74 Å². The third-order valence-corrected chi connectivity index (χ3v) is 4.41. The molecule has 0 saturated carbocycles. The number of carbonyl (C=O) groups excluding carboxylic acids is 1. The molecule has 1 atom stereocenters. The molecule has 0 radical (unpaired) electrons. The second kappa shape index (κ2) is 6.26. The SMILES string of the molecule is COc1cccc([C@@H]2CCCCN2C(=O)c2cccn2C)c1. The summed E-state index contributed by atoms with van der Waals surface area (Å²) in [6, 6.07) is 12.0. The Morgan fingerprint density at radius 3 is 2.82 bits per heavy atom. The van der Waals surface area contributed by atoms with Crippen LogP contribution in [-0.2, 0) is 7.05 Å². The average molecular weight is 298 g/mol. The number of piperidine rings is 1. The molecule has 0 N–H and O–H groups in total. The molecule has 1 aliphatic heterocycles. The standard InChI is InChI=1S/C18H22N2O2/c1-19-11-6-10-17(19)18(21)20-12-4-3-9-16(20)14-7-5-8-15(13-14)22-2/h5-8,10-11,13,16H,3-4,9,12H2,1-2H3/t16-/m0/s1. The second-order valence-corrected chi connectivity index (χ2v) is 5.79. The van der Waals surface area contributed by atoms with Crippen molar-refractivity contribution in [1.29, 1.82) is 0 Å². The van der Waals surface area contributed by atoms with Gasteiger partial charge in [-0.2, -0.15) is 0 Å². The van der Waals surface area contributed by atoms with E-state index in [-0.39, 0.29) is 11.9 Å². The number of nitrogens with zero attached hydrogens (tertiary/aromatic N) is 2. The number of hydrogen-bond donors (Lipinski definition) is 0. The molecular formula is C18H22N2O2. The third kappa shape index (κ3) is 2.73. The maximum absolute atomic E-state index is 12.9. The Hall–Kier alpha value is -2.23. The summed E-state index contributed by atoms with van der Waals surface area (Å²) in [4.78, 5) is 14.9. The zero-order valence-corrected chi connectivity index (χ0v) is 13.2. The van der Waals surface area contributed by atoms with E-state index in [2.05, 4.69) is 6.07 Å². The lowest BCUT2D eigenvalue weighted by atomic mass is 9.94. The predicted octanol–water partition coefficient (Wildman–Crippen LogP) is 3.40. The van der Waals surface area contributed by atoms with Gasteiger partial charge in [-0.25, -0.2) is 0 Å². The minimum atomic E-state index is 0.111. The molecule has 0 spiro atoms. The fourth-order valence-electron chi connectivity index (χ4n) is 3.20. The van der Waals surface area contributed by atoms with Gasteiger partial charge in [0.25, 0.3) is 5.91 Å². The van der Waals surface area contributed by atoms with Crippen LogP contribution in [0.5, 0.6) is 5.75 Å². The highest BCUT2D eigenvalue weighted by Gasteiger charge is 2.29. The van der Waals surface area contributed by atoms with Crippen LogP contribution in [0.1, 0.15) is 41.4 Å². The molecule has 4 heteroatoms. The first-order valence-electron chi connectivity index (χ1n) is 7.77. The quantitative estimate of drug-likeness (QED) is 0.870. The number of ether oxygens (including phenoxy) is 1. The smallest absolute Gasteiger partial charge is 0.270 e. The van der Waals surface area contributed by atoms with Gasteiger partial charge in [-0.1, -0.05) is 12.1 Å². The van der Waals surface area contributed by atoms with Gasteiger partial charge >= 0.3 is 0 Å². The van der Waals surface area contributed by atoms with Gasteiger partial charge in [0.05, 0.1) is 13.2 Å². The van der Waals surface area contributed by atoms with Gasteiger partial charge in [-0.05, 0) is 49.1 Å². The lowest BCUT2D eigenvalue weighted by Gasteiger charge is -2.36. The summed E-state index contributed by atoms with van der Waals surface area (Å²) in [7, 11) is 3.59.